The standard InChI is InChI=1S/C16H26N4O3/c1-12-17-18-14(23-12)11-22-13-9-19(10-13)15(21)16(2,3)20-7-5-4-6-8-20/h13H,4-11H2,1-3H3. The van der Waals surface area contributed by atoms with Crippen molar-refractivity contribution in [1.82, 2.24) is 20.0 Å². The number of hydrogen-bond donors (Lipinski definition) is 0. The van der Waals surface area contributed by atoms with Crippen LogP contribution in [0.4, 0.5) is 0 Å². The molecule has 2 aliphatic heterocycles. The lowest BCUT2D eigenvalue weighted by Crippen LogP contribution is -2.64. The zero-order valence-corrected chi connectivity index (χ0v) is 14.2. The van der Waals surface area contributed by atoms with Gasteiger partial charge in [-0.25, -0.2) is 0 Å². The van der Waals surface area contributed by atoms with Gasteiger partial charge < -0.3 is 14.1 Å². The molecule has 1 amide bonds. The third-order valence-electron chi connectivity index (χ3n) is 4.82. The van der Waals surface area contributed by atoms with Crippen LogP contribution >= 0.6 is 0 Å². The molecule has 2 saturated heterocycles. The maximum Gasteiger partial charge on any atom is 0.242 e. The average molecular weight is 322 g/mol. The molecule has 128 valence electrons. The van der Waals surface area contributed by atoms with Gasteiger partial charge in [0.1, 0.15) is 6.61 Å². The van der Waals surface area contributed by atoms with E-state index in [1.54, 1.807) is 6.92 Å². The summed E-state index contributed by atoms with van der Waals surface area (Å²) < 4.78 is 11.0. The van der Waals surface area contributed by atoms with Gasteiger partial charge in [-0.15, -0.1) is 10.2 Å². The minimum atomic E-state index is -0.422. The fourth-order valence-electron chi connectivity index (χ4n) is 3.27. The molecule has 7 nitrogen and oxygen atoms in total. The van der Waals surface area contributed by atoms with Crippen LogP contribution in [0.15, 0.2) is 4.42 Å². The van der Waals surface area contributed by atoms with Crippen LogP contribution in [0.5, 0.6) is 0 Å². The van der Waals surface area contributed by atoms with E-state index in [4.69, 9.17) is 9.15 Å². The van der Waals surface area contributed by atoms with Crippen molar-refractivity contribution in [3.05, 3.63) is 11.8 Å². The Kier molecular flexibility index (Phi) is 4.68. The molecule has 2 aliphatic rings. The van der Waals surface area contributed by atoms with Gasteiger partial charge in [0.25, 0.3) is 0 Å². The van der Waals surface area contributed by atoms with Crippen molar-refractivity contribution in [2.45, 2.75) is 58.3 Å². The smallest absolute Gasteiger partial charge is 0.242 e. The molecule has 0 aliphatic carbocycles. The van der Waals surface area contributed by atoms with Gasteiger partial charge in [0, 0.05) is 20.0 Å². The summed E-state index contributed by atoms with van der Waals surface area (Å²) in [6, 6.07) is 0. The lowest BCUT2D eigenvalue weighted by molar-refractivity contribution is -0.158. The Morgan fingerprint density at radius 1 is 1.26 bits per heavy atom. The van der Waals surface area contributed by atoms with Crippen LogP contribution in [-0.2, 0) is 16.1 Å². The molecule has 3 heterocycles. The minimum Gasteiger partial charge on any atom is -0.423 e. The first-order chi connectivity index (χ1) is 11.0. The first-order valence-electron chi connectivity index (χ1n) is 8.42. The van der Waals surface area contributed by atoms with Crippen LogP contribution in [0.2, 0.25) is 0 Å². The van der Waals surface area contributed by atoms with Crippen LogP contribution in [0, 0.1) is 6.92 Å². The van der Waals surface area contributed by atoms with Crippen molar-refractivity contribution >= 4 is 5.91 Å². The van der Waals surface area contributed by atoms with Crippen molar-refractivity contribution in [1.29, 1.82) is 0 Å². The van der Waals surface area contributed by atoms with Gasteiger partial charge in [0.15, 0.2) is 0 Å². The Morgan fingerprint density at radius 3 is 2.57 bits per heavy atom. The number of likely N-dealkylation sites (tertiary alicyclic amines) is 2. The molecule has 3 rings (SSSR count). The highest BCUT2D eigenvalue weighted by atomic mass is 16.5. The first kappa shape index (κ1) is 16.4. The third-order valence-corrected chi connectivity index (χ3v) is 4.82. The lowest BCUT2D eigenvalue weighted by atomic mass is 9.95. The second-order valence-corrected chi connectivity index (χ2v) is 6.96. The fourth-order valence-corrected chi connectivity index (χ4v) is 3.27. The van der Waals surface area contributed by atoms with Crippen molar-refractivity contribution in [2.75, 3.05) is 26.2 Å². The number of hydrogen-bond acceptors (Lipinski definition) is 6. The van der Waals surface area contributed by atoms with E-state index in [2.05, 4.69) is 15.1 Å². The number of aryl methyl sites for hydroxylation is 1. The van der Waals surface area contributed by atoms with E-state index in [1.165, 1.54) is 19.3 Å². The largest absolute Gasteiger partial charge is 0.423 e. The van der Waals surface area contributed by atoms with Crippen molar-refractivity contribution in [3.8, 4) is 0 Å². The van der Waals surface area contributed by atoms with Gasteiger partial charge in [0.2, 0.25) is 17.7 Å². The normalized spacial score (nSPS) is 20.6. The number of rotatable bonds is 5. The molecule has 0 N–H and O–H groups in total. The van der Waals surface area contributed by atoms with Gasteiger partial charge in [-0.2, -0.15) is 0 Å². The summed E-state index contributed by atoms with van der Waals surface area (Å²) in [4.78, 5) is 17.0. The molecule has 1 aromatic heterocycles. The number of carbonyl (C=O) groups excluding carboxylic acids is 1. The highest BCUT2D eigenvalue weighted by Gasteiger charge is 2.42. The summed E-state index contributed by atoms with van der Waals surface area (Å²) in [6.45, 7) is 9.45. The zero-order valence-electron chi connectivity index (χ0n) is 14.2. The number of carbonyl (C=O) groups is 1. The van der Waals surface area contributed by atoms with Crippen LogP contribution < -0.4 is 0 Å². The van der Waals surface area contributed by atoms with E-state index in [-0.39, 0.29) is 12.0 Å². The van der Waals surface area contributed by atoms with Crippen LogP contribution in [0.1, 0.15) is 44.9 Å². The number of nitrogens with zero attached hydrogens (tertiary/aromatic N) is 4. The summed E-state index contributed by atoms with van der Waals surface area (Å²) in [5, 5.41) is 7.67. The summed E-state index contributed by atoms with van der Waals surface area (Å²) in [5.74, 6) is 1.23. The molecule has 0 atom stereocenters. The Hall–Kier alpha value is -1.47. The Balaban J connectivity index is 1.45. The molecule has 0 unspecified atom stereocenters. The fraction of sp³-hybridized carbons (Fsp3) is 0.812. The number of amides is 1. The highest BCUT2D eigenvalue weighted by molar-refractivity contribution is 5.86. The van der Waals surface area contributed by atoms with Crippen molar-refractivity contribution in [3.63, 3.8) is 0 Å². The van der Waals surface area contributed by atoms with E-state index in [9.17, 15) is 4.79 Å². The first-order valence-corrected chi connectivity index (χ1v) is 8.42. The number of aromatic nitrogens is 2. The van der Waals surface area contributed by atoms with Gasteiger partial charge in [-0.3, -0.25) is 9.69 Å². The monoisotopic (exact) mass is 322 g/mol. The molecule has 0 spiro atoms. The lowest BCUT2D eigenvalue weighted by Gasteiger charge is -2.47. The molecular formula is C16H26N4O3. The maximum absolute atomic E-state index is 12.8. The SMILES string of the molecule is Cc1nnc(COC2CN(C(=O)C(C)(C)N3CCCCC3)C2)o1. The minimum absolute atomic E-state index is 0.0586. The Bertz CT molecular complexity index is 545. The highest BCUT2D eigenvalue weighted by Crippen LogP contribution is 2.25. The Labute approximate surface area is 137 Å². The quantitative estimate of drug-likeness (QED) is 0.815. The van der Waals surface area contributed by atoms with E-state index in [0.717, 1.165) is 13.1 Å². The second-order valence-electron chi connectivity index (χ2n) is 6.96. The van der Waals surface area contributed by atoms with E-state index in [1.807, 2.05) is 18.7 Å². The van der Waals surface area contributed by atoms with Crippen LogP contribution in [0.25, 0.3) is 0 Å². The second kappa shape index (κ2) is 6.57. The maximum atomic E-state index is 12.8. The van der Waals surface area contributed by atoms with Crippen LogP contribution in [0.3, 0.4) is 0 Å². The van der Waals surface area contributed by atoms with E-state index < -0.39 is 5.54 Å². The summed E-state index contributed by atoms with van der Waals surface area (Å²) in [6.07, 6.45) is 3.71. The molecule has 1 aromatic rings. The molecule has 0 saturated carbocycles. The van der Waals surface area contributed by atoms with E-state index >= 15 is 0 Å². The van der Waals surface area contributed by atoms with Gasteiger partial charge in [-0.1, -0.05) is 6.42 Å². The van der Waals surface area contributed by atoms with Gasteiger partial charge in [-0.05, 0) is 39.8 Å². The molecule has 0 bridgehead atoms. The Morgan fingerprint density at radius 2 is 1.96 bits per heavy atom. The summed E-state index contributed by atoms with van der Waals surface area (Å²) >= 11 is 0. The van der Waals surface area contributed by atoms with E-state index in [0.29, 0.717) is 31.5 Å². The average Bonchev–Trinajstić information content (AvgIpc) is 2.92. The zero-order chi connectivity index (χ0) is 16.4. The molecule has 7 heteroatoms. The molecule has 23 heavy (non-hydrogen) atoms. The number of ether oxygens (including phenoxy) is 1. The third kappa shape index (κ3) is 3.55. The summed E-state index contributed by atoms with van der Waals surface area (Å²) in [5.41, 5.74) is -0.422. The predicted octanol–water partition coefficient (Wildman–Crippen LogP) is 1.37. The molecular weight excluding hydrogens is 296 g/mol. The van der Waals surface area contributed by atoms with Gasteiger partial charge in [0.05, 0.1) is 11.6 Å². The van der Waals surface area contributed by atoms with Crippen molar-refractivity contribution < 1.29 is 13.9 Å². The molecule has 2 fully saturated rings. The van der Waals surface area contributed by atoms with Crippen LogP contribution in [-0.4, -0.2) is 63.7 Å². The topological polar surface area (TPSA) is 71.7 Å². The summed E-state index contributed by atoms with van der Waals surface area (Å²) in [7, 11) is 0. The molecule has 0 aromatic carbocycles. The number of piperidine rings is 1. The predicted molar refractivity (Wildman–Crippen MR) is 83.7 cm³/mol. The molecule has 0 radical (unpaired) electrons. The van der Waals surface area contributed by atoms with Crippen molar-refractivity contribution in [2.24, 2.45) is 0 Å². The van der Waals surface area contributed by atoms with Gasteiger partial charge >= 0.3 is 0 Å².